The molecule has 4 nitrogen and oxygen atoms in total. The molecule has 0 radical (unpaired) electrons. The van der Waals surface area contributed by atoms with Crippen LogP contribution in [0.4, 0.5) is 5.69 Å². The molecule has 0 aromatic heterocycles. The number of para-hydroxylation sites is 1. The van der Waals surface area contributed by atoms with E-state index in [1.54, 1.807) is 24.3 Å². The van der Waals surface area contributed by atoms with Crippen molar-refractivity contribution in [3.63, 3.8) is 0 Å². The van der Waals surface area contributed by atoms with Crippen LogP contribution in [-0.4, -0.2) is 11.8 Å². The van der Waals surface area contributed by atoms with E-state index in [1.807, 2.05) is 18.2 Å². The summed E-state index contributed by atoms with van der Waals surface area (Å²) in [5, 5.41) is 6.67. The van der Waals surface area contributed by atoms with E-state index >= 15 is 0 Å². The van der Waals surface area contributed by atoms with Crippen LogP contribution in [0.3, 0.4) is 0 Å². The second-order valence-electron chi connectivity index (χ2n) is 5.35. The zero-order valence-corrected chi connectivity index (χ0v) is 13.6. The van der Waals surface area contributed by atoms with Crippen molar-refractivity contribution in [1.29, 1.82) is 0 Å². The number of halogens is 2. The molecule has 1 atom stereocenters. The number of hydrogen-bond acceptors (Lipinski definition) is 2. The van der Waals surface area contributed by atoms with Gasteiger partial charge < -0.3 is 10.6 Å². The third-order valence-corrected chi connectivity index (χ3v) is 4.37. The number of carbonyl (C=O) groups is 2. The van der Waals surface area contributed by atoms with Gasteiger partial charge in [0, 0.05) is 28.7 Å². The SMILES string of the molecule is O=C1CC(C(=O)NCc2ccc(Cl)cc2Cl)c2ccccc2N1. The summed E-state index contributed by atoms with van der Waals surface area (Å²) < 4.78 is 0. The van der Waals surface area contributed by atoms with Crippen molar-refractivity contribution in [2.24, 2.45) is 0 Å². The standard InChI is InChI=1S/C17H14Cl2N2O2/c18-11-6-5-10(14(19)7-11)9-20-17(23)13-8-16(22)21-15-4-2-1-3-12(13)15/h1-7,13H,8-9H2,(H,20,23)(H,21,22). The third kappa shape index (κ3) is 3.49. The van der Waals surface area contributed by atoms with Crippen LogP contribution >= 0.6 is 23.2 Å². The Morgan fingerprint density at radius 3 is 2.78 bits per heavy atom. The Bertz CT molecular complexity index is 777. The Kier molecular flexibility index (Phi) is 4.55. The van der Waals surface area contributed by atoms with Crippen LogP contribution in [0.5, 0.6) is 0 Å². The number of nitrogens with one attached hydrogen (secondary N) is 2. The van der Waals surface area contributed by atoms with Gasteiger partial charge in [-0.15, -0.1) is 0 Å². The number of benzene rings is 2. The third-order valence-electron chi connectivity index (χ3n) is 3.78. The van der Waals surface area contributed by atoms with Crippen LogP contribution in [0.1, 0.15) is 23.5 Å². The molecule has 1 aliphatic heterocycles. The van der Waals surface area contributed by atoms with Gasteiger partial charge in [-0.3, -0.25) is 9.59 Å². The molecule has 0 saturated carbocycles. The van der Waals surface area contributed by atoms with Crippen molar-refractivity contribution in [3.8, 4) is 0 Å². The maximum Gasteiger partial charge on any atom is 0.228 e. The Labute approximate surface area is 143 Å². The van der Waals surface area contributed by atoms with E-state index in [2.05, 4.69) is 10.6 Å². The second kappa shape index (κ2) is 6.60. The number of rotatable bonds is 3. The van der Waals surface area contributed by atoms with Gasteiger partial charge in [0.1, 0.15) is 0 Å². The van der Waals surface area contributed by atoms with Gasteiger partial charge in [0.05, 0.1) is 5.92 Å². The first-order chi connectivity index (χ1) is 11.0. The molecule has 0 aliphatic carbocycles. The smallest absolute Gasteiger partial charge is 0.228 e. The van der Waals surface area contributed by atoms with Crippen LogP contribution in [0.15, 0.2) is 42.5 Å². The first-order valence-corrected chi connectivity index (χ1v) is 7.90. The van der Waals surface area contributed by atoms with Crippen molar-refractivity contribution < 1.29 is 9.59 Å². The Morgan fingerprint density at radius 1 is 1.22 bits per heavy atom. The van der Waals surface area contributed by atoms with E-state index in [0.29, 0.717) is 15.7 Å². The van der Waals surface area contributed by atoms with Gasteiger partial charge in [-0.1, -0.05) is 47.5 Å². The molecule has 6 heteroatoms. The minimum absolute atomic E-state index is 0.136. The minimum atomic E-state index is -0.494. The maximum absolute atomic E-state index is 12.5. The lowest BCUT2D eigenvalue weighted by molar-refractivity contribution is -0.126. The summed E-state index contributed by atoms with van der Waals surface area (Å²) in [4.78, 5) is 24.3. The van der Waals surface area contributed by atoms with Gasteiger partial charge >= 0.3 is 0 Å². The Hall–Kier alpha value is -2.04. The van der Waals surface area contributed by atoms with Crippen LogP contribution in [0, 0.1) is 0 Å². The lowest BCUT2D eigenvalue weighted by Crippen LogP contribution is -2.34. The van der Waals surface area contributed by atoms with E-state index in [0.717, 1.165) is 11.1 Å². The first kappa shape index (κ1) is 15.8. The van der Waals surface area contributed by atoms with Crippen molar-refractivity contribution >= 4 is 40.7 Å². The van der Waals surface area contributed by atoms with Crippen molar-refractivity contribution in [1.82, 2.24) is 5.32 Å². The Balaban J connectivity index is 1.75. The Morgan fingerprint density at radius 2 is 2.00 bits per heavy atom. The van der Waals surface area contributed by atoms with Crippen LogP contribution < -0.4 is 10.6 Å². The topological polar surface area (TPSA) is 58.2 Å². The summed E-state index contributed by atoms with van der Waals surface area (Å²) in [6, 6.07) is 12.5. The summed E-state index contributed by atoms with van der Waals surface area (Å²) in [5.74, 6) is -0.849. The normalized spacial score (nSPS) is 16.4. The highest BCUT2D eigenvalue weighted by atomic mass is 35.5. The largest absolute Gasteiger partial charge is 0.351 e. The fourth-order valence-electron chi connectivity index (χ4n) is 2.62. The highest BCUT2D eigenvalue weighted by molar-refractivity contribution is 6.35. The molecule has 0 saturated heterocycles. The van der Waals surface area contributed by atoms with Gasteiger partial charge in [0.2, 0.25) is 11.8 Å². The van der Waals surface area contributed by atoms with E-state index < -0.39 is 5.92 Å². The molecule has 23 heavy (non-hydrogen) atoms. The molecule has 0 bridgehead atoms. The summed E-state index contributed by atoms with van der Waals surface area (Å²) in [6.07, 6.45) is 0.136. The van der Waals surface area contributed by atoms with E-state index in [-0.39, 0.29) is 24.8 Å². The van der Waals surface area contributed by atoms with Crippen LogP contribution in [0.25, 0.3) is 0 Å². The molecule has 118 valence electrons. The number of amides is 2. The minimum Gasteiger partial charge on any atom is -0.351 e. The van der Waals surface area contributed by atoms with Gasteiger partial charge in [-0.05, 0) is 29.3 Å². The molecular weight excluding hydrogens is 335 g/mol. The van der Waals surface area contributed by atoms with Crippen molar-refractivity contribution in [3.05, 3.63) is 63.6 Å². The van der Waals surface area contributed by atoms with Gasteiger partial charge in [0.15, 0.2) is 0 Å². The molecule has 0 spiro atoms. The lowest BCUT2D eigenvalue weighted by atomic mass is 9.90. The van der Waals surface area contributed by atoms with Crippen LogP contribution in [0.2, 0.25) is 10.0 Å². The van der Waals surface area contributed by atoms with Gasteiger partial charge in [0.25, 0.3) is 0 Å². The zero-order valence-electron chi connectivity index (χ0n) is 12.1. The predicted molar refractivity (Wildman–Crippen MR) is 90.7 cm³/mol. The molecule has 1 heterocycles. The maximum atomic E-state index is 12.5. The first-order valence-electron chi connectivity index (χ1n) is 7.15. The summed E-state index contributed by atoms with van der Waals surface area (Å²) >= 11 is 12.0. The monoisotopic (exact) mass is 348 g/mol. The lowest BCUT2D eigenvalue weighted by Gasteiger charge is -2.24. The molecule has 2 N–H and O–H groups in total. The predicted octanol–water partition coefficient (Wildman–Crippen LogP) is 3.74. The molecule has 1 unspecified atom stereocenters. The number of hydrogen-bond donors (Lipinski definition) is 2. The molecule has 0 fully saturated rings. The highest BCUT2D eigenvalue weighted by Gasteiger charge is 2.30. The molecule has 2 amide bonds. The summed E-state index contributed by atoms with van der Waals surface area (Å²) in [6.45, 7) is 0.287. The van der Waals surface area contributed by atoms with E-state index in [4.69, 9.17) is 23.2 Å². The number of fused-ring (bicyclic) bond motifs is 1. The second-order valence-corrected chi connectivity index (χ2v) is 6.19. The molecule has 2 aromatic rings. The highest BCUT2D eigenvalue weighted by Crippen LogP contribution is 2.32. The zero-order chi connectivity index (χ0) is 16.4. The fraction of sp³-hybridized carbons (Fsp3) is 0.176. The molecule has 3 rings (SSSR count). The van der Waals surface area contributed by atoms with Crippen molar-refractivity contribution in [2.75, 3.05) is 5.32 Å². The molecule has 1 aliphatic rings. The molecular formula is C17H14Cl2N2O2. The average molecular weight is 349 g/mol. The van der Waals surface area contributed by atoms with E-state index in [1.165, 1.54) is 0 Å². The summed E-state index contributed by atoms with van der Waals surface area (Å²) in [7, 11) is 0. The molecule has 2 aromatic carbocycles. The van der Waals surface area contributed by atoms with Gasteiger partial charge in [-0.25, -0.2) is 0 Å². The fourth-order valence-corrected chi connectivity index (χ4v) is 3.09. The van der Waals surface area contributed by atoms with E-state index in [9.17, 15) is 9.59 Å². The average Bonchev–Trinajstić information content (AvgIpc) is 2.53. The van der Waals surface area contributed by atoms with Crippen LogP contribution in [-0.2, 0) is 16.1 Å². The summed E-state index contributed by atoms with van der Waals surface area (Å²) in [5.41, 5.74) is 2.29. The quantitative estimate of drug-likeness (QED) is 0.887. The van der Waals surface area contributed by atoms with Crippen molar-refractivity contribution in [2.45, 2.75) is 18.9 Å². The number of anilines is 1. The van der Waals surface area contributed by atoms with Gasteiger partial charge in [-0.2, -0.15) is 0 Å². The number of carbonyl (C=O) groups excluding carboxylic acids is 2.